The van der Waals surface area contributed by atoms with E-state index < -0.39 is 0 Å². The average Bonchev–Trinajstić information content (AvgIpc) is 2.07. The third kappa shape index (κ3) is 3.76. The summed E-state index contributed by atoms with van der Waals surface area (Å²) >= 11 is 5.30. The minimum Gasteiger partial charge on any atom is -0.477 e. The zero-order valence-electron chi connectivity index (χ0n) is 6.93. The van der Waals surface area contributed by atoms with E-state index in [1.165, 1.54) is 6.07 Å². The Morgan fingerprint density at radius 1 is 1.77 bits per heavy atom. The van der Waals surface area contributed by atoms with Crippen LogP contribution < -0.4 is 4.74 Å². The van der Waals surface area contributed by atoms with Gasteiger partial charge < -0.3 is 4.74 Å². The first kappa shape index (κ1) is 11.2. The van der Waals surface area contributed by atoms with Crippen LogP contribution in [-0.2, 0) is 0 Å². The van der Waals surface area contributed by atoms with Crippen molar-refractivity contribution in [3.05, 3.63) is 22.6 Å². The van der Waals surface area contributed by atoms with Crippen molar-refractivity contribution < 1.29 is 9.13 Å². The molecule has 0 radical (unpaired) electrons. The van der Waals surface area contributed by atoms with Gasteiger partial charge in [0, 0.05) is 9.99 Å². The molecule has 0 amide bonds. The van der Waals surface area contributed by atoms with E-state index in [2.05, 4.69) is 43.5 Å². The molecule has 2 nitrogen and oxygen atoms in total. The summed E-state index contributed by atoms with van der Waals surface area (Å²) in [6.07, 6.45) is 1.14. The predicted octanol–water partition coefficient (Wildman–Crippen LogP) is 3.19. The first-order valence-corrected chi connectivity index (χ1v) is 5.71. The van der Waals surface area contributed by atoms with Crippen molar-refractivity contribution in [1.29, 1.82) is 0 Å². The minimum atomic E-state index is -0.380. The third-order valence-electron chi connectivity index (χ3n) is 1.24. The summed E-state index contributed by atoms with van der Waals surface area (Å²) in [6.45, 7) is 2.60. The van der Waals surface area contributed by atoms with E-state index in [1.807, 2.05) is 6.92 Å². The Bertz CT molecular complexity index is 295. The van der Waals surface area contributed by atoms with Crippen molar-refractivity contribution in [2.75, 3.05) is 6.61 Å². The molecule has 1 atom stereocenters. The molecule has 5 heteroatoms. The Balaban J connectivity index is 2.63. The monoisotopic (exact) mass is 359 g/mol. The number of hydrogen-bond acceptors (Lipinski definition) is 2. The molecular weight excluding hydrogens is 352 g/mol. The van der Waals surface area contributed by atoms with Crippen LogP contribution in [0.4, 0.5) is 4.39 Å². The summed E-state index contributed by atoms with van der Waals surface area (Å²) in [6, 6.07) is 1.52. The lowest BCUT2D eigenvalue weighted by atomic mass is 10.4. The molecule has 0 aliphatic carbocycles. The topological polar surface area (TPSA) is 22.1 Å². The number of pyridine rings is 1. The highest BCUT2D eigenvalue weighted by molar-refractivity contribution is 14.1. The highest BCUT2D eigenvalue weighted by Crippen LogP contribution is 2.19. The number of alkyl halides is 1. The maximum absolute atomic E-state index is 12.7. The molecule has 0 fully saturated rings. The molecule has 0 aliphatic heterocycles. The van der Waals surface area contributed by atoms with Gasteiger partial charge >= 0.3 is 0 Å². The van der Waals surface area contributed by atoms with Gasteiger partial charge in [0.05, 0.1) is 10.7 Å². The molecule has 1 aromatic rings. The van der Waals surface area contributed by atoms with Crippen molar-refractivity contribution in [2.45, 2.75) is 10.8 Å². The molecule has 72 valence electrons. The Labute approximate surface area is 98.2 Å². The summed E-state index contributed by atoms with van der Waals surface area (Å²) in [5.41, 5.74) is 0. The number of aromatic nitrogens is 1. The summed E-state index contributed by atoms with van der Waals surface area (Å²) in [4.78, 5) is 3.78. The smallest absolute Gasteiger partial charge is 0.214 e. The van der Waals surface area contributed by atoms with Gasteiger partial charge in [0.15, 0.2) is 5.82 Å². The molecule has 0 saturated carbocycles. The number of nitrogens with zero attached hydrogens (tertiary/aromatic N) is 1. The van der Waals surface area contributed by atoms with Gasteiger partial charge in [-0.05, 0) is 15.9 Å². The van der Waals surface area contributed by atoms with Crippen molar-refractivity contribution >= 4 is 38.5 Å². The van der Waals surface area contributed by atoms with Gasteiger partial charge in [0.1, 0.15) is 6.61 Å². The van der Waals surface area contributed by atoms with Crippen molar-refractivity contribution in [2.24, 2.45) is 0 Å². The molecule has 0 spiro atoms. The van der Waals surface area contributed by atoms with Crippen LogP contribution >= 0.6 is 38.5 Å². The lowest BCUT2D eigenvalue weighted by Gasteiger charge is -2.06. The quantitative estimate of drug-likeness (QED) is 0.610. The van der Waals surface area contributed by atoms with Crippen molar-refractivity contribution in [3.63, 3.8) is 0 Å². The highest BCUT2D eigenvalue weighted by atomic mass is 127. The van der Waals surface area contributed by atoms with Crippen LogP contribution in [0.25, 0.3) is 0 Å². The first-order valence-electron chi connectivity index (χ1n) is 3.67. The molecule has 13 heavy (non-hydrogen) atoms. The SMILES string of the molecule is CC(I)COc1cc(Br)c(F)cn1. The summed E-state index contributed by atoms with van der Waals surface area (Å²) in [5.74, 6) is 0.0617. The van der Waals surface area contributed by atoms with E-state index in [-0.39, 0.29) is 5.82 Å². The molecule has 1 heterocycles. The van der Waals surface area contributed by atoms with Crippen LogP contribution in [0.3, 0.4) is 0 Å². The standard InChI is InChI=1S/C8H8BrFINO/c1-5(11)4-13-8-2-6(9)7(10)3-12-8/h2-3,5H,4H2,1H3. The molecule has 0 bridgehead atoms. The highest BCUT2D eigenvalue weighted by Gasteiger charge is 2.03. The van der Waals surface area contributed by atoms with Gasteiger partial charge in [-0.3, -0.25) is 0 Å². The van der Waals surface area contributed by atoms with E-state index in [9.17, 15) is 4.39 Å². The van der Waals surface area contributed by atoms with Crippen LogP contribution in [-0.4, -0.2) is 15.5 Å². The zero-order valence-corrected chi connectivity index (χ0v) is 10.7. The van der Waals surface area contributed by atoms with Crippen molar-refractivity contribution in [1.82, 2.24) is 4.98 Å². The first-order chi connectivity index (χ1) is 6.09. The Morgan fingerprint density at radius 3 is 3.00 bits per heavy atom. The fourth-order valence-corrected chi connectivity index (χ4v) is 1.15. The van der Waals surface area contributed by atoms with Crippen LogP contribution in [0.1, 0.15) is 6.92 Å². The lowest BCUT2D eigenvalue weighted by molar-refractivity contribution is 0.312. The average molecular weight is 360 g/mol. The second-order valence-corrected chi connectivity index (χ2v) is 5.51. The minimum absolute atomic E-state index is 0.374. The van der Waals surface area contributed by atoms with E-state index in [4.69, 9.17) is 4.74 Å². The molecule has 0 saturated heterocycles. The maximum atomic E-state index is 12.7. The lowest BCUT2D eigenvalue weighted by Crippen LogP contribution is -2.07. The molecule has 1 rings (SSSR count). The number of ether oxygens (including phenoxy) is 1. The summed E-state index contributed by atoms with van der Waals surface area (Å²) in [5, 5.41) is 0. The van der Waals surface area contributed by atoms with Gasteiger partial charge in [0.2, 0.25) is 5.88 Å². The second kappa shape index (κ2) is 5.09. The fraction of sp³-hybridized carbons (Fsp3) is 0.375. The maximum Gasteiger partial charge on any atom is 0.214 e. The van der Waals surface area contributed by atoms with Gasteiger partial charge in [0.25, 0.3) is 0 Å². The van der Waals surface area contributed by atoms with E-state index in [1.54, 1.807) is 0 Å². The number of rotatable bonds is 3. The van der Waals surface area contributed by atoms with Gasteiger partial charge in [-0.1, -0.05) is 29.5 Å². The van der Waals surface area contributed by atoms with Crippen LogP contribution in [0, 0.1) is 5.82 Å². The largest absolute Gasteiger partial charge is 0.477 e. The molecule has 0 aromatic carbocycles. The normalized spacial score (nSPS) is 12.6. The Kier molecular flexibility index (Phi) is 4.37. The zero-order chi connectivity index (χ0) is 9.84. The summed E-state index contributed by atoms with van der Waals surface area (Å²) < 4.78 is 18.8. The van der Waals surface area contributed by atoms with E-state index in [0.29, 0.717) is 20.9 Å². The Morgan fingerprint density at radius 2 is 2.46 bits per heavy atom. The molecular formula is C8H8BrFINO. The predicted molar refractivity (Wildman–Crippen MR) is 60.9 cm³/mol. The summed E-state index contributed by atoms with van der Waals surface area (Å²) in [7, 11) is 0. The van der Waals surface area contributed by atoms with Crippen LogP contribution in [0.15, 0.2) is 16.7 Å². The van der Waals surface area contributed by atoms with Gasteiger partial charge in [-0.25, -0.2) is 9.37 Å². The van der Waals surface area contributed by atoms with Crippen molar-refractivity contribution in [3.8, 4) is 5.88 Å². The van der Waals surface area contributed by atoms with Crippen LogP contribution in [0.5, 0.6) is 5.88 Å². The fourth-order valence-electron chi connectivity index (χ4n) is 0.676. The molecule has 1 aromatic heterocycles. The third-order valence-corrected chi connectivity index (χ3v) is 2.21. The molecule has 0 N–H and O–H groups in total. The molecule has 0 aliphatic rings. The van der Waals surface area contributed by atoms with E-state index in [0.717, 1.165) is 6.20 Å². The second-order valence-electron chi connectivity index (χ2n) is 2.53. The van der Waals surface area contributed by atoms with Crippen LogP contribution in [0.2, 0.25) is 0 Å². The Hall–Kier alpha value is 0.0900. The van der Waals surface area contributed by atoms with E-state index >= 15 is 0 Å². The van der Waals surface area contributed by atoms with Gasteiger partial charge in [-0.15, -0.1) is 0 Å². The molecule has 1 unspecified atom stereocenters. The van der Waals surface area contributed by atoms with Gasteiger partial charge in [-0.2, -0.15) is 0 Å². The number of hydrogen-bond donors (Lipinski definition) is 0. The number of halogens is 3.